The Kier molecular flexibility index (Phi) is 4.15. The molecule has 2 unspecified atom stereocenters. The Bertz CT molecular complexity index is 392. The van der Waals surface area contributed by atoms with Gasteiger partial charge in [0, 0.05) is 5.56 Å². The number of carboxylic acids is 1. The van der Waals surface area contributed by atoms with Gasteiger partial charge in [0.05, 0.1) is 24.2 Å². The molecule has 0 aromatic heterocycles. The van der Waals surface area contributed by atoms with Gasteiger partial charge < -0.3 is 14.9 Å². The predicted octanol–water partition coefficient (Wildman–Crippen LogP) is 2.10. The van der Waals surface area contributed by atoms with E-state index in [0.717, 1.165) is 0 Å². The van der Waals surface area contributed by atoms with Crippen LogP contribution in [-0.2, 0) is 4.79 Å². The minimum Gasteiger partial charge on any atom is -0.496 e. The van der Waals surface area contributed by atoms with E-state index in [-0.39, 0.29) is 0 Å². The van der Waals surface area contributed by atoms with Gasteiger partial charge in [-0.25, -0.2) is 0 Å². The highest BCUT2D eigenvalue weighted by molar-refractivity contribution is 6.31. The van der Waals surface area contributed by atoms with Gasteiger partial charge in [0.1, 0.15) is 5.75 Å². The molecule has 1 aromatic rings. The summed E-state index contributed by atoms with van der Waals surface area (Å²) in [5.74, 6) is -1.66. The molecule has 0 heterocycles. The van der Waals surface area contributed by atoms with Crippen LogP contribution in [0, 0.1) is 5.92 Å². The standard InChI is InChI=1S/C11H13ClO4/c1-6(11(14)15)10(13)9-7(12)4-3-5-8(9)16-2/h3-6,10,13H,1-2H3,(H,14,15). The number of carboxylic acid groups (broad SMARTS) is 1. The molecule has 0 aliphatic rings. The number of aliphatic carboxylic acids is 1. The van der Waals surface area contributed by atoms with Crippen LogP contribution in [0.25, 0.3) is 0 Å². The predicted molar refractivity (Wildman–Crippen MR) is 59.8 cm³/mol. The summed E-state index contributed by atoms with van der Waals surface area (Å²) >= 11 is 5.92. The number of methoxy groups -OCH3 is 1. The molecule has 0 fully saturated rings. The van der Waals surface area contributed by atoms with Gasteiger partial charge in [-0.05, 0) is 19.1 Å². The molecule has 16 heavy (non-hydrogen) atoms. The molecule has 0 spiro atoms. The zero-order chi connectivity index (χ0) is 12.3. The molecule has 0 aliphatic heterocycles. The van der Waals surface area contributed by atoms with Crippen LogP contribution in [0.4, 0.5) is 0 Å². The second-order valence-electron chi connectivity index (χ2n) is 3.43. The summed E-state index contributed by atoms with van der Waals surface area (Å²) in [4.78, 5) is 10.8. The fourth-order valence-electron chi connectivity index (χ4n) is 1.37. The third-order valence-electron chi connectivity index (χ3n) is 2.39. The van der Waals surface area contributed by atoms with E-state index in [2.05, 4.69) is 0 Å². The number of carbonyl (C=O) groups is 1. The molecule has 0 amide bonds. The summed E-state index contributed by atoms with van der Waals surface area (Å²) in [6.07, 6.45) is -1.19. The van der Waals surface area contributed by atoms with Crippen LogP contribution in [0.1, 0.15) is 18.6 Å². The van der Waals surface area contributed by atoms with E-state index >= 15 is 0 Å². The molecule has 1 rings (SSSR count). The molecule has 0 aliphatic carbocycles. The molecule has 0 radical (unpaired) electrons. The molecule has 2 N–H and O–H groups in total. The molecule has 4 nitrogen and oxygen atoms in total. The Morgan fingerprint density at radius 1 is 1.50 bits per heavy atom. The lowest BCUT2D eigenvalue weighted by Gasteiger charge is -2.19. The van der Waals surface area contributed by atoms with Crippen LogP contribution in [0.3, 0.4) is 0 Å². The number of aliphatic hydroxyl groups is 1. The molecule has 5 heteroatoms. The van der Waals surface area contributed by atoms with Gasteiger partial charge >= 0.3 is 5.97 Å². The molecular formula is C11H13ClO4. The van der Waals surface area contributed by atoms with E-state index in [1.165, 1.54) is 14.0 Å². The zero-order valence-corrected chi connectivity index (χ0v) is 9.73. The number of hydrogen-bond acceptors (Lipinski definition) is 3. The van der Waals surface area contributed by atoms with Crippen LogP contribution in [0.5, 0.6) is 5.75 Å². The van der Waals surface area contributed by atoms with E-state index in [1.54, 1.807) is 18.2 Å². The number of benzene rings is 1. The lowest BCUT2D eigenvalue weighted by Crippen LogP contribution is -2.19. The van der Waals surface area contributed by atoms with Gasteiger partial charge in [-0.1, -0.05) is 17.7 Å². The van der Waals surface area contributed by atoms with E-state index in [4.69, 9.17) is 21.4 Å². The van der Waals surface area contributed by atoms with Crippen LogP contribution in [-0.4, -0.2) is 23.3 Å². The number of hydrogen-bond donors (Lipinski definition) is 2. The molecule has 0 saturated carbocycles. The first-order valence-corrected chi connectivity index (χ1v) is 5.10. The van der Waals surface area contributed by atoms with Crippen molar-refractivity contribution in [2.75, 3.05) is 7.11 Å². The van der Waals surface area contributed by atoms with E-state index < -0.39 is 18.0 Å². The van der Waals surface area contributed by atoms with Crippen molar-refractivity contribution in [3.63, 3.8) is 0 Å². The van der Waals surface area contributed by atoms with Gasteiger partial charge in [-0.3, -0.25) is 4.79 Å². The van der Waals surface area contributed by atoms with Crippen LogP contribution in [0.15, 0.2) is 18.2 Å². The van der Waals surface area contributed by atoms with Crippen molar-refractivity contribution < 1.29 is 19.7 Å². The Labute approximate surface area is 98.4 Å². The van der Waals surface area contributed by atoms with Crippen molar-refractivity contribution in [3.05, 3.63) is 28.8 Å². The maximum Gasteiger partial charge on any atom is 0.309 e. The fraction of sp³-hybridized carbons (Fsp3) is 0.364. The highest BCUT2D eigenvalue weighted by atomic mass is 35.5. The molecule has 0 saturated heterocycles. The first kappa shape index (κ1) is 12.8. The lowest BCUT2D eigenvalue weighted by atomic mass is 9.97. The Balaban J connectivity index is 3.16. The van der Waals surface area contributed by atoms with Crippen molar-refractivity contribution in [2.24, 2.45) is 5.92 Å². The van der Waals surface area contributed by atoms with E-state index in [0.29, 0.717) is 16.3 Å². The molecule has 1 aromatic carbocycles. The number of halogens is 1. The second kappa shape index (κ2) is 5.18. The van der Waals surface area contributed by atoms with E-state index in [9.17, 15) is 9.90 Å². The van der Waals surface area contributed by atoms with Crippen molar-refractivity contribution in [1.82, 2.24) is 0 Å². The van der Waals surface area contributed by atoms with Crippen LogP contribution >= 0.6 is 11.6 Å². The van der Waals surface area contributed by atoms with Gasteiger partial charge in [0.25, 0.3) is 0 Å². The summed E-state index contributed by atoms with van der Waals surface area (Å²) in [5.41, 5.74) is 0.307. The fourth-order valence-corrected chi connectivity index (χ4v) is 1.64. The Hall–Kier alpha value is -1.26. The van der Waals surface area contributed by atoms with E-state index in [1.807, 2.05) is 0 Å². The maximum absolute atomic E-state index is 10.8. The van der Waals surface area contributed by atoms with Crippen LogP contribution in [0.2, 0.25) is 5.02 Å². The third kappa shape index (κ3) is 2.46. The topological polar surface area (TPSA) is 66.8 Å². The minimum atomic E-state index is -1.19. The smallest absolute Gasteiger partial charge is 0.309 e. The minimum absolute atomic E-state index is 0.292. The first-order valence-electron chi connectivity index (χ1n) is 4.72. The second-order valence-corrected chi connectivity index (χ2v) is 3.83. The lowest BCUT2D eigenvalue weighted by molar-refractivity contribution is -0.145. The maximum atomic E-state index is 10.8. The summed E-state index contributed by atoms with van der Waals surface area (Å²) in [7, 11) is 1.44. The van der Waals surface area contributed by atoms with Gasteiger partial charge in [0.15, 0.2) is 0 Å². The molecule has 88 valence electrons. The largest absolute Gasteiger partial charge is 0.496 e. The molecule has 0 bridgehead atoms. The average molecular weight is 245 g/mol. The SMILES string of the molecule is COc1cccc(Cl)c1C(O)C(C)C(=O)O. The Morgan fingerprint density at radius 2 is 2.12 bits per heavy atom. The molecule has 2 atom stereocenters. The first-order chi connectivity index (χ1) is 7.49. The van der Waals surface area contributed by atoms with Crippen molar-refractivity contribution in [3.8, 4) is 5.75 Å². The molecular weight excluding hydrogens is 232 g/mol. The van der Waals surface area contributed by atoms with Gasteiger partial charge in [0.2, 0.25) is 0 Å². The third-order valence-corrected chi connectivity index (χ3v) is 2.72. The van der Waals surface area contributed by atoms with Gasteiger partial charge in [-0.2, -0.15) is 0 Å². The Morgan fingerprint density at radius 3 is 2.62 bits per heavy atom. The van der Waals surface area contributed by atoms with Crippen LogP contribution < -0.4 is 4.74 Å². The summed E-state index contributed by atoms with van der Waals surface area (Å²) in [5, 5.41) is 19.0. The number of rotatable bonds is 4. The monoisotopic (exact) mass is 244 g/mol. The van der Waals surface area contributed by atoms with Crippen molar-refractivity contribution in [2.45, 2.75) is 13.0 Å². The summed E-state index contributed by atoms with van der Waals surface area (Å²) in [6.45, 7) is 1.41. The number of ether oxygens (including phenoxy) is 1. The van der Waals surface area contributed by atoms with Crippen molar-refractivity contribution >= 4 is 17.6 Å². The highest BCUT2D eigenvalue weighted by Crippen LogP contribution is 2.35. The number of aliphatic hydroxyl groups excluding tert-OH is 1. The average Bonchev–Trinajstić information content (AvgIpc) is 2.26. The van der Waals surface area contributed by atoms with Gasteiger partial charge in [-0.15, -0.1) is 0 Å². The zero-order valence-electron chi connectivity index (χ0n) is 8.98. The quantitative estimate of drug-likeness (QED) is 0.851. The summed E-state index contributed by atoms with van der Waals surface area (Å²) < 4.78 is 5.04. The highest BCUT2D eigenvalue weighted by Gasteiger charge is 2.27. The van der Waals surface area contributed by atoms with Crippen molar-refractivity contribution in [1.29, 1.82) is 0 Å². The normalized spacial score (nSPS) is 14.2. The summed E-state index contributed by atoms with van der Waals surface area (Å²) in [6, 6.07) is 4.87.